The van der Waals surface area contributed by atoms with E-state index in [0.29, 0.717) is 0 Å². The van der Waals surface area contributed by atoms with E-state index in [1.54, 1.807) is 0 Å². The number of carboxylic acids is 3. The lowest BCUT2D eigenvalue weighted by molar-refractivity contribution is -0.402. The van der Waals surface area contributed by atoms with E-state index < -0.39 is 41.2 Å². The quantitative estimate of drug-likeness (QED) is 0.421. The SMILES string of the molecule is CN[C@H](CC(=O)O)C(=O)O.Cc1oc([N+](=O)[O-])cc1C(=O)O. The second-order valence-corrected chi connectivity index (χ2v) is 3.89. The van der Waals surface area contributed by atoms with Gasteiger partial charge in [0.2, 0.25) is 0 Å². The van der Waals surface area contributed by atoms with Gasteiger partial charge in [0.1, 0.15) is 22.3 Å². The summed E-state index contributed by atoms with van der Waals surface area (Å²) in [6, 6.07) is -0.102. The Morgan fingerprint density at radius 3 is 2.09 bits per heavy atom. The maximum absolute atomic E-state index is 10.4. The summed E-state index contributed by atoms with van der Waals surface area (Å²) < 4.78 is 4.56. The van der Waals surface area contributed by atoms with E-state index >= 15 is 0 Å². The second kappa shape index (κ2) is 8.36. The van der Waals surface area contributed by atoms with Crippen LogP contribution in [0.3, 0.4) is 0 Å². The minimum Gasteiger partial charge on any atom is -0.481 e. The van der Waals surface area contributed by atoms with Crippen LogP contribution >= 0.6 is 0 Å². The minimum atomic E-state index is -1.23. The molecule has 0 bridgehead atoms. The monoisotopic (exact) mass is 318 g/mol. The third-order valence-corrected chi connectivity index (χ3v) is 2.34. The van der Waals surface area contributed by atoms with Crippen LogP contribution in [0.25, 0.3) is 0 Å². The smallest absolute Gasteiger partial charge is 0.434 e. The van der Waals surface area contributed by atoms with Gasteiger partial charge in [-0.1, -0.05) is 0 Å². The molecular formula is C11H14N2O9. The Morgan fingerprint density at radius 1 is 1.36 bits per heavy atom. The first kappa shape index (κ1) is 19.1. The van der Waals surface area contributed by atoms with Crippen LogP contribution in [0, 0.1) is 17.0 Å². The van der Waals surface area contributed by atoms with Crippen molar-refractivity contribution < 1.29 is 39.0 Å². The van der Waals surface area contributed by atoms with Crippen molar-refractivity contribution in [2.24, 2.45) is 0 Å². The fraction of sp³-hybridized carbons (Fsp3) is 0.364. The van der Waals surface area contributed by atoms with Crippen molar-refractivity contribution in [1.29, 1.82) is 0 Å². The second-order valence-electron chi connectivity index (χ2n) is 3.89. The van der Waals surface area contributed by atoms with E-state index in [9.17, 15) is 24.5 Å². The summed E-state index contributed by atoms with van der Waals surface area (Å²) >= 11 is 0. The molecule has 1 heterocycles. The Labute approximate surface area is 123 Å². The van der Waals surface area contributed by atoms with Gasteiger partial charge in [-0.2, -0.15) is 0 Å². The molecule has 0 saturated carbocycles. The molecule has 0 aliphatic heterocycles. The molecule has 0 amide bonds. The van der Waals surface area contributed by atoms with Gasteiger partial charge in [-0.3, -0.25) is 19.7 Å². The number of aliphatic carboxylic acids is 2. The van der Waals surface area contributed by atoms with Crippen molar-refractivity contribution in [3.8, 4) is 0 Å². The first-order valence-electron chi connectivity index (χ1n) is 5.70. The molecule has 11 heteroatoms. The van der Waals surface area contributed by atoms with Gasteiger partial charge in [0.15, 0.2) is 0 Å². The molecule has 122 valence electrons. The Morgan fingerprint density at radius 2 is 1.91 bits per heavy atom. The Hall–Kier alpha value is -2.95. The van der Waals surface area contributed by atoms with Gasteiger partial charge in [0.05, 0.1) is 12.5 Å². The lowest BCUT2D eigenvalue weighted by atomic mass is 10.2. The van der Waals surface area contributed by atoms with Gasteiger partial charge in [-0.15, -0.1) is 0 Å². The number of aryl methyl sites for hydroxylation is 1. The van der Waals surface area contributed by atoms with Crippen LogP contribution in [-0.2, 0) is 9.59 Å². The number of hydrogen-bond donors (Lipinski definition) is 4. The Kier molecular flexibility index (Phi) is 7.24. The van der Waals surface area contributed by atoms with Crippen LogP contribution in [0.15, 0.2) is 10.5 Å². The predicted octanol–water partition coefficient (Wildman–Crippen LogP) is 0.328. The summed E-state index contributed by atoms with van der Waals surface area (Å²) in [5, 5.41) is 37.4. The fourth-order valence-electron chi connectivity index (χ4n) is 1.26. The number of rotatable bonds is 6. The molecule has 11 nitrogen and oxygen atoms in total. The normalized spacial score (nSPS) is 11.0. The number of furan rings is 1. The highest BCUT2D eigenvalue weighted by atomic mass is 16.6. The number of nitro groups is 1. The number of hydrogen-bond acceptors (Lipinski definition) is 7. The van der Waals surface area contributed by atoms with Crippen molar-refractivity contribution in [3.63, 3.8) is 0 Å². The van der Waals surface area contributed by atoms with E-state index in [0.717, 1.165) is 6.07 Å². The molecule has 0 radical (unpaired) electrons. The molecular weight excluding hydrogens is 304 g/mol. The molecule has 1 atom stereocenters. The van der Waals surface area contributed by atoms with Gasteiger partial charge in [0.25, 0.3) is 0 Å². The number of nitrogens with one attached hydrogen (secondary N) is 1. The van der Waals surface area contributed by atoms with Crippen LogP contribution in [0.2, 0.25) is 0 Å². The van der Waals surface area contributed by atoms with Gasteiger partial charge in [-0.05, 0) is 14.0 Å². The first-order chi connectivity index (χ1) is 10.1. The summed E-state index contributed by atoms with van der Waals surface area (Å²) in [7, 11) is 1.40. The zero-order chi connectivity index (χ0) is 17.4. The van der Waals surface area contributed by atoms with E-state index in [1.165, 1.54) is 14.0 Å². The number of nitrogens with zero attached hydrogens (tertiary/aromatic N) is 1. The molecule has 0 fully saturated rings. The molecule has 1 aromatic heterocycles. The van der Waals surface area contributed by atoms with E-state index in [-0.39, 0.29) is 11.3 Å². The summed E-state index contributed by atoms with van der Waals surface area (Å²) in [5.74, 6) is -4.02. The highest BCUT2D eigenvalue weighted by molar-refractivity contribution is 5.89. The number of carboxylic acid groups (broad SMARTS) is 3. The topological polar surface area (TPSA) is 180 Å². The van der Waals surface area contributed by atoms with Crippen LogP contribution in [0.1, 0.15) is 22.5 Å². The lowest BCUT2D eigenvalue weighted by Crippen LogP contribution is -2.35. The zero-order valence-electron chi connectivity index (χ0n) is 11.6. The molecule has 0 unspecified atom stereocenters. The van der Waals surface area contributed by atoms with Crippen LogP contribution in [0.5, 0.6) is 0 Å². The third kappa shape index (κ3) is 6.00. The summed E-state index contributed by atoms with van der Waals surface area (Å²) in [5.41, 5.74) is -0.179. The van der Waals surface area contributed by atoms with Crippen molar-refractivity contribution in [3.05, 3.63) is 27.5 Å². The molecule has 0 spiro atoms. The lowest BCUT2D eigenvalue weighted by Gasteiger charge is -2.06. The molecule has 1 aromatic rings. The van der Waals surface area contributed by atoms with Gasteiger partial charge in [0, 0.05) is 0 Å². The predicted molar refractivity (Wildman–Crippen MR) is 69.8 cm³/mol. The van der Waals surface area contributed by atoms with E-state index in [4.69, 9.17) is 15.3 Å². The van der Waals surface area contributed by atoms with Crippen molar-refractivity contribution in [2.45, 2.75) is 19.4 Å². The molecule has 0 aromatic carbocycles. The highest BCUT2D eigenvalue weighted by Gasteiger charge is 2.20. The summed E-state index contributed by atoms with van der Waals surface area (Å²) in [6.07, 6.45) is -0.397. The number of likely N-dealkylation sites (N-methyl/N-ethyl adjacent to an activating group) is 1. The van der Waals surface area contributed by atoms with Crippen LogP contribution in [-0.4, -0.2) is 51.2 Å². The molecule has 0 aliphatic rings. The maximum atomic E-state index is 10.4. The minimum absolute atomic E-state index is 0.0363. The van der Waals surface area contributed by atoms with Crippen LogP contribution in [0.4, 0.5) is 5.88 Å². The van der Waals surface area contributed by atoms with Crippen LogP contribution < -0.4 is 5.32 Å². The molecule has 0 saturated heterocycles. The van der Waals surface area contributed by atoms with E-state index in [2.05, 4.69) is 9.73 Å². The summed E-state index contributed by atoms with van der Waals surface area (Å²) in [6.45, 7) is 1.36. The van der Waals surface area contributed by atoms with Crippen molar-refractivity contribution in [2.75, 3.05) is 7.05 Å². The zero-order valence-corrected chi connectivity index (χ0v) is 11.6. The Bertz CT molecular complexity index is 578. The Balaban J connectivity index is 0.000000409. The molecule has 0 aliphatic carbocycles. The molecule has 4 N–H and O–H groups in total. The van der Waals surface area contributed by atoms with Gasteiger partial charge in [-0.25, -0.2) is 4.79 Å². The molecule has 22 heavy (non-hydrogen) atoms. The maximum Gasteiger partial charge on any atom is 0.434 e. The molecule has 1 rings (SSSR count). The average Bonchev–Trinajstić information content (AvgIpc) is 2.78. The number of aromatic carboxylic acids is 1. The van der Waals surface area contributed by atoms with Gasteiger partial charge >= 0.3 is 23.8 Å². The van der Waals surface area contributed by atoms with Crippen molar-refractivity contribution >= 4 is 23.8 Å². The fourth-order valence-corrected chi connectivity index (χ4v) is 1.26. The van der Waals surface area contributed by atoms with Crippen molar-refractivity contribution in [1.82, 2.24) is 5.32 Å². The standard InChI is InChI=1S/C6H5NO5.C5H9NO4/c1-3-4(6(8)9)2-5(12-3)7(10)11;1-6-3(5(9)10)2-4(7)8/h2H,1H3,(H,8,9);3,6H,2H2,1H3,(H,7,8)(H,9,10)/t;3-/m.1/s1. The number of carbonyl (C=O) groups is 3. The largest absolute Gasteiger partial charge is 0.481 e. The van der Waals surface area contributed by atoms with E-state index in [1.807, 2.05) is 0 Å². The summed E-state index contributed by atoms with van der Waals surface area (Å²) in [4.78, 5) is 39.8. The highest BCUT2D eigenvalue weighted by Crippen LogP contribution is 2.20. The third-order valence-electron chi connectivity index (χ3n) is 2.34. The first-order valence-corrected chi connectivity index (χ1v) is 5.70. The average molecular weight is 318 g/mol. The van der Waals surface area contributed by atoms with Gasteiger partial charge < -0.3 is 25.1 Å².